The Morgan fingerprint density at radius 1 is 1.07 bits per heavy atom. The number of hydrogen-bond acceptors (Lipinski definition) is 4. The van der Waals surface area contributed by atoms with Crippen molar-refractivity contribution in [2.24, 2.45) is 4.99 Å². The number of benzene rings is 2. The van der Waals surface area contributed by atoms with Crippen LogP contribution in [0.3, 0.4) is 0 Å². The van der Waals surface area contributed by atoms with E-state index in [0.29, 0.717) is 29.4 Å². The van der Waals surface area contributed by atoms with E-state index in [0.717, 1.165) is 16.8 Å². The van der Waals surface area contributed by atoms with E-state index >= 15 is 0 Å². The normalized spacial score (nSPS) is 14.2. The second-order valence-electron chi connectivity index (χ2n) is 6.23. The topological polar surface area (TPSA) is 59.0 Å². The standard InChI is InChI=1S/C22H18N2O3S/c1-2-27-22(26)15-9-11-17(12-10-15)24-14-16-6-3-4-7-18(16)20(24)23-21(25)19-8-5-13-28-19/h3-13H,2,14H2,1H3. The lowest BCUT2D eigenvalue weighted by molar-refractivity contribution is 0.0526. The van der Waals surface area contributed by atoms with Crippen molar-refractivity contribution in [2.75, 3.05) is 11.5 Å². The fourth-order valence-electron chi connectivity index (χ4n) is 3.14. The first-order valence-electron chi connectivity index (χ1n) is 8.97. The van der Waals surface area contributed by atoms with E-state index in [2.05, 4.69) is 4.99 Å². The van der Waals surface area contributed by atoms with E-state index in [1.807, 2.05) is 52.7 Å². The lowest BCUT2D eigenvalue weighted by atomic mass is 10.1. The number of anilines is 1. The van der Waals surface area contributed by atoms with Crippen molar-refractivity contribution in [3.8, 4) is 0 Å². The summed E-state index contributed by atoms with van der Waals surface area (Å²) in [6, 6.07) is 18.7. The van der Waals surface area contributed by atoms with Gasteiger partial charge >= 0.3 is 5.97 Å². The minimum absolute atomic E-state index is 0.255. The Labute approximate surface area is 166 Å². The molecule has 1 aliphatic heterocycles. The van der Waals surface area contributed by atoms with E-state index in [4.69, 9.17) is 4.74 Å². The van der Waals surface area contributed by atoms with Crippen molar-refractivity contribution in [1.29, 1.82) is 0 Å². The molecule has 0 bridgehead atoms. The van der Waals surface area contributed by atoms with Gasteiger partial charge in [-0.1, -0.05) is 30.3 Å². The molecule has 2 aromatic carbocycles. The number of thiophene rings is 1. The fourth-order valence-corrected chi connectivity index (χ4v) is 3.75. The van der Waals surface area contributed by atoms with Gasteiger partial charge in [-0.05, 0) is 48.2 Å². The molecule has 4 rings (SSSR count). The summed E-state index contributed by atoms with van der Waals surface area (Å²) in [5.41, 5.74) is 3.41. The number of aliphatic imine (C=N–C) groups is 1. The molecule has 0 radical (unpaired) electrons. The highest BCUT2D eigenvalue weighted by atomic mass is 32.1. The zero-order valence-electron chi connectivity index (χ0n) is 15.3. The maximum Gasteiger partial charge on any atom is 0.338 e. The SMILES string of the molecule is CCOC(=O)c1ccc(N2Cc3ccccc3C2=NC(=O)c2cccs2)cc1. The molecule has 3 aromatic rings. The Morgan fingerprint density at radius 2 is 1.86 bits per heavy atom. The van der Waals surface area contributed by atoms with Crippen LogP contribution in [0.5, 0.6) is 0 Å². The Morgan fingerprint density at radius 3 is 2.57 bits per heavy atom. The Hall–Kier alpha value is -3.25. The molecule has 1 aromatic heterocycles. The van der Waals surface area contributed by atoms with Crippen LogP contribution >= 0.6 is 11.3 Å². The number of rotatable bonds is 4. The molecular weight excluding hydrogens is 372 g/mol. The average Bonchev–Trinajstić information content (AvgIpc) is 3.37. The van der Waals surface area contributed by atoms with Crippen molar-refractivity contribution in [3.63, 3.8) is 0 Å². The molecule has 0 N–H and O–H groups in total. The smallest absolute Gasteiger partial charge is 0.338 e. The maximum atomic E-state index is 12.6. The van der Waals surface area contributed by atoms with Crippen LogP contribution in [0.2, 0.25) is 0 Å². The molecule has 2 heterocycles. The Bertz CT molecular complexity index is 1040. The predicted octanol–water partition coefficient (Wildman–Crippen LogP) is 4.53. The third-order valence-corrected chi connectivity index (χ3v) is 5.33. The molecule has 1 amide bonds. The highest BCUT2D eigenvalue weighted by Gasteiger charge is 2.27. The number of hydrogen-bond donors (Lipinski definition) is 0. The number of ether oxygens (including phenoxy) is 1. The van der Waals surface area contributed by atoms with Gasteiger partial charge in [0.15, 0.2) is 0 Å². The first-order valence-corrected chi connectivity index (χ1v) is 9.85. The zero-order valence-corrected chi connectivity index (χ0v) is 16.1. The summed E-state index contributed by atoms with van der Waals surface area (Å²) >= 11 is 1.38. The number of carbonyl (C=O) groups is 2. The molecule has 0 unspecified atom stereocenters. The van der Waals surface area contributed by atoms with Gasteiger partial charge in [0.25, 0.3) is 5.91 Å². The van der Waals surface area contributed by atoms with Crippen LogP contribution in [0.4, 0.5) is 5.69 Å². The summed E-state index contributed by atoms with van der Waals surface area (Å²) in [6.07, 6.45) is 0. The first-order chi connectivity index (χ1) is 13.7. The second-order valence-corrected chi connectivity index (χ2v) is 7.18. The van der Waals surface area contributed by atoms with Gasteiger partial charge in [-0.25, -0.2) is 4.79 Å². The third kappa shape index (κ3) is 3.46. The molecule has 0 atom stereocenters. The van der Waals surface area contributed by atoms with Gasteiger partial charge in [0, 0.05) is 11.3 Å². The van der Waals surface area contributed by atoms with Crippen LogP contribution in [0.15, 0.2) is 71.0 Å². The quantitative estimate of drug-likeness (QED) is 0.614. The minimum Gasteiger partial charge on any atom is -0.462 e. The van der Waals surface area contributed by atoms with Gasteiger partial charge in [0.2, 0.25) is 0 Å². The first kappa shape index (κ1) is 18.1. The summed E-state index contributed by atoms with van der Waals surface area (Å²) in [5, 5.41) is 1.86. The van der Waals surface area contributed by atoms with Crippen LogP contribution in [-0.2, 0) is 11.3 Å². The lowest BCUT2D eigenvalue weighted by Gasteiger charge is -2.19. The Kier molecular flexibility index (Phi) is 5.04. The maximum absolute atomic E-state index is 12.6. The van der Waals surface area contributed by atoms with E-state index in [9.17, 15) is 9.59 Å². The molecule has 0 saturated carbocycles. The highest BCUT2D eigenvalue weighted by molar-refractivity contribution is 7.12. The molecule has 0 spiro atoms. The van der Waals surface area contributed by atoms with Crippen LogP contribution in [0, 0.1) is 0 Å². The zero-order chi connectivity index (χ0) is 19.5. The number of fused-ring (bicyclic) bond motifs is 1. The molecule has 140 valence electrons. The monoisotopic (exact) mass is 390 g/mol. The van der Waals surface area contributed by atoms with Gasteiger partial charge in [-0.3, -0.25) is 4.79 Å². The molecule has 28 heavy (non-hydrogen) atoms. The van der Waals surface area contributed by atoms with E-state index in [1.165, 1.54) is 11.3 Å². The number of amidine groups is 1. The number of esters is 1. The largest absolute Gasteiger partial charge is 0.462 e. The number of carbonyl (C=O) groups excluding carboxylic acids is 2. The molecule has 1 aliphatic rings. The molecule has 0 fully saturated rings. The van der Waals surface area contributed by atoms with E-state index in [-0.39, 0.29) is 11.9 Å². The molecule has 0 aliphatic carbocycles. The van der Waals surface area contributed by atoms with E-state index in [1.54, 1.807) is 25.1 Å². The minimum atomic E-state index is -0.347. The predicted molar refractivity (Wildman–Crippen MR) is 110 cm³/mol. The highest BCUT2D eigenvalue weighted by Crippen LogP contribution is 2.29. The van der Waals surface area contributed by atoms with Gasteiger partial charge in [0.1, 0.15) is 5.84 Å². The summed E-state index contributed by atoms with van der Waals surface area (Å²) in [6.45, 7) is 2.73. The van der Waals surface area contributed by atoms with Gasteiger partial charge in [0.05, 0.1) is 23.6 Å². The molecule has 6 heteroatoms. The number of amides is 1. The van der Waals surface area contributed by atoms with Gasteiger partial charge < -0.3 is 9.64 Å². The van der Waals surface area contributed by atoms with Crippen molar-refractivity contribution >= 4 is 34.7 Å². The molecular formula is C22H18N2O3S. The van der Waals surface area contributed by atoms with Crippen molar-refractivity contribution in [3.05, 3.63) is 87.6 Å². The summed E-state index contributed by atoms with van der Waals surface area (Å²) in [5.74, 6) is 0.0215. The van der Waals surface area contributed by atoms with Crippen LogP contribution in [0.25, 0.3) is 0 Å². The average molecular weight is 390 g/mol. The van der Waals surface area contributed by atoms with Gasteiger partial charge in [-0.15, -0.1) is 11.3 Å². The summed E-state index contributed by atoms with van der Waals surface area (Å²) in [7, 11) is 0. The molecule has 0 saturated heterocycles. The fraction of sp³-hybridized carbons (Fsp3) is 0.136. The van der Waals surface area contributed by atoms with Crippen LogP contribution in [-0.4, -0.2) is 24.3 Å². The van der Waals surface area contributed by atoms with Crippen molar-refractivity contribution in [2.45, 2.75) is 13.5 Å². The summed E-state index contributed by atoms with van der Waals surface area (Å²) in [4.78, 5) is 31.5. The van der Waals surface area contributed by atoms with Crippen molar-refractivity contribution < 1.29 is 14.3 Å². The molecule has 5 nitrogen and oxygen atoms in total. The van der Waals surface area contributed by atoms with Crippen molar-refractivity contribution in [1.82, 2.24) is 0 Å². The van der Waals surface area contributed by atoms with Crippen LogP contribution < -0.4 is 4.90 Å². The Balaban J connectivity index is 1.69. The number of nitrogens with zero attached hydrogens (tertiary/aromatic N) is 2. The van der Waals surface area contributed by atoms with Crippen LogP contribution in [0.1, 0.15) is 38.1 Å². The van der Waals surface area contributed by atoms with E-state index < -0.39 is 0 Å². The van der Waals surface area contributed by atoms with Gasteiger partial charge in [-0.2, -0.15) is 4.99 Å². The third-order valence-electron chi connectivity index (χ3n) is 4.47. The summed E-state index contributed by atoms with van der Waals surface area (Å²) < 4.78 is 5.04. The second kappa shape index (κ2) is 7.78. The lowest BCUT2D eigenvalue weighted by Crippen LogP contribution is -2.25.